The van der Waals surface area contributed by atoms with Crippen molar-refractivity contribution >= 4 is 17.9 Å². The lowest BCUT2D eigenvalue weighted by Gasteiger charge is -2.34. The van der Waals surface area contributed by atoms with Crippen molar-refractivity contribution in [2.45, 2.75) is 135 Å². The Morgan fingerprint density at radius 1 is 0.714 bits per heavy atom. The molecule has 2 atom stereocenters. The minimum Gasteiger partial charge on any atom is -0.544 e. The number of carboxylic acids is 1. The number of likely N-dealkylation sites (N-methyl/N-ethyl adjacent to an activating group) is 1. The van der Waals surface area contributed by atoms with Crippen molar-refractivity contribution in [3.05, 3.63) is 24.3 Å². The summed E-state index contributed by atoms with van der Waals surface area (Å²) in [6.45, 7) is 4.50. The third-order valence-corrected chi connectivity index (χ3v) is 7.12. The van der Waals surface area contributed by atoms with Gasteiger partial charge in [-0.25, -0.2) is 0 Å². The van der Waals surface area contributed by atoms with Gasteiger partial charge in [-0.2, -0.15) is 0 Å². The number of aliphatic carboxylic acids is 1. The van der Waals surface area contributed by atoms with E-state index in [4.69, 9.17) is 14.2 Å². The number of hydrogen-bond donors (Lipinski definition) is 0. The molecule has 0 aromatic carbocycles. The summed E-state index contributed by atoms with van der Waals surface area (Å²) in [6, 6.07) is -0.724. The van der Waals surface area contributed by atoms with Crippen molar-refractivity contribution < 1.29 is 38.2 Å². The molecule has 0 spiro atoms. The number of rotatable bonds is 28. The number of nitrogens with zero attached hydrogens (tertiary/aromatic N) is 1. The largest absolute Gasteiger partial charge is 0.544 e. The first-order valence-electron chi connectivity index (χ1n) is 16.4. The van der Waals surface area contributed by atoms with E-state index >= 15 is 0 Å². The molecule has 0 radical (unpaired) electrons. The van der Waals surface area contributed by atoms with Gasteiger partial charge in [0.15, 0.2) is 6.10 Å². The summed E-state index contributed by atoms with van der Waals surface area (Å²) in [5.41, 5.74) is 0. The predicted octanol–water partition coefficient (Wildman–Crippen LogP) is 6.07. The highest BCUT2D eigenvalue weighted by molar-refractivity contribution is 5.70. The molecule has 0 bridgehead atoms. The summed E-state index contributed by atoms with van der Waals surface area (Å²) in [4.78, 5) is 36.3. The maximum absolute atomic E-state index is 12.5. The molecule has 0 aliphatic heterocycles. The highest BCUT2D eigenvalue weighted by Crippen LogP contribution is 2.11. The molecule has 0 rings (SSSR count). The van der Waals surface area contributed by atoms with Gasteiger partial charge >= 0.3 is 11.9 Å². The van der Waals surface area contributed by atoms with E-state index < -0.39 is 18.1 Å². The van der Waals surface area contributed by atoms with Crippen LogP contribution in [-0.4, -0.2) is 75.5 Å². The van der Waals surface area contributed by atoms with Crippen LogP contribution in [0.2, 0.25) is 0 Å². The molecule has 0 saturated carbocycles. The second-order valence-corrected chi connectivity index (χ2v) is 12.1. The molecule has 0 heterocycles. The summed E-state index contributed by atoms with van der Waals surface area (Å²) in [5, 5.41) is 11.5. The average Bonchev–Trinajstić information content (AvgIpc) is 2.92. The van der Waals surface area contributed by atoms with Gasteiger partial charge in [-0.15, -0.1) is 0 Å². The quantitative estimate of drug-likeness (QED) is 0.0468. The van der Waals surface area contributed by atoms with Gasteiger partial charge in [0.05, 0.1) is 40.3 Å². The minimum absolute atomic E-state index is 0.0317. The SMILES string of the molecule is CCCC/C=C/C=C/CCCCCC(=O)OC(COCCC(C(=O)[O-])[N+](C)(C)C)COC(=O)CCCCCCCCC. The summed E-state index contributed by atoms with van der Waals surface area (Å²) < 4.78 is 16.9. The zero-order valence-corrected chi connectivity index (χ0v) is 27.4. The van der Waals surface area contributed by atoms with Crippen molar-refractivity contribution in [3.63, 3.8) is 0 Å². The number of hydrogen-bond acceptors (Lipinski definition) is 7. The Hall–Kier alpha value is -2.19. The molecule has 0 amide bonds. The van der Waals surface area contributed by atoms with Gasteiger partial charge in [-0.05, 0) is 32.1 Å². The van der Waals surface area contributed by atoms with Crippen LogP contribution in [0.3, 0.4) is 0 Å². The van der Waals surface area contributed by atoms with Crippen LogP contribution in [0.4, 0.5) is 0 Å². The van der Waals surface area contributed by atoms with Crippen molar-refractivity contribution in [1.82, 2.24) is 0 Å². The maximum Gasteiger partial charge on any atom is 0.306 e. The number of carbonyl (C=O) groups is 3. The second-order valence-electron chi connectivity index (χ2n) is 12.1. The van der Waals surface area contributed by atoms with E-state index in [9.17, 15) is 19.5 Å². The predicted molar refractivity (Wildman–Crippen MR) is 167 cm³/mol. The maximum atomic E-state index is 12.5. The van der Waals surface area contributed by atoms with Crippen LogP contribution in [0.5, 0.6) is 0 Å². The fourth-order valence-electron chi connectivity index (χ4n) is 4.46. The van der Waals surface area contributed by atoms with Crippen LogP contribution in [0.25, 0.3) is 0 Å². The first kappa shape index (κ1) is 39.8. The fraction of sp³-hybridized carbons (Fsp3) is 0.794. The van der Waals surface area contributed by atoms with E-state index in [1.807, 2.05) is 0 Å². The molecule has 8 nitrogen and oxygen atoms in total. The van der Waals surface area contributed by atoms with Crippen LogP contribution in [0.1, 0.15) is 123 Å². The van der Waals surface area contributed by atoms with E-state index in [1.54, 1.807) is 21.1 Å². The number of carboxylic acid groups (broad SMARTS) is 1. The van der Waals surface area contributed by atoms with E-state index in [-0.39, 0.29) is 49.1 Å². The Bertz CT molecular complexity index is 757. The Balaban J connectivity index is 4.55. The van der Waals surface area contributed by atoms with E-state index in [2.05, 4.69) is 38.2 Å². The molecular formula is C34H61NO7. The molecule has 0 fully saturated rings. The van der Waals surface area contributed by atoms with E-state index in [0.29, 0.717) is 6.42 Å². The highest BCUT2D eigenvalue weighted by Gasteiger charge is 2.25. The lowest BCUT2D eigenvalue weighted by atomic mass is 10.1. The lowest BCUT2D eigenvalue weighted by Crippen LogP contribution is -2.55. The number of ether oxygens (including phenoxy) is 3. The number of unbranched alkanes of at least 4 members (excludes halogenated alkanes) is 11. The zero-order chi connectivity index (χ0) is 31.5. The van der Waals surface area contributed by atoms with Gasteiger partial charge < -0.3 is 28.6 Å². The molecule has 0 aliphatic rings. The molecule has 0 N–H and O–H groups in total. The third kappa shape index (κ3) is 24.4. The lowest BCUT2D eigenvalue weighted by molar-refractivity contribution is -0.889. The molecule has 0 saturated heterocycles. The van der Waals surface area contributed by atoms with Crippen LogP contribution >= 0.6 is 0 Å². The second kappa shape index (κ2) is 26.4. The topological polar surface area (TPSA) is 102 Å². The van der Waals surface area contributed by atoms with Crippen LogP contribution in [0, 0.1) is 0 Å². The van der Waals surface area contributed by atoms with Crippen molar-refractivity contribution in [2.75, 3.05) is 41.0 Å². The average molecular weight is 596 g/mol. The van der Waals surface area contributed by atoms with Crippen molar-refractivity contribution in [1.29, 1.82) is 0 Å². The molecule has 42 heavy (non-hydrogen) atoms. The smallest absolute Gasteiger partial charge is 0.306 e. The van der Waals surface area contributed by atoms with Crippen LogP contribution < -0.4 is 5.11 Å². The van der Waals surface area contributed by atoms with Gasteiger partial charge in [-0.1, -0.05) is 95.9 Å². The summed E-state index contributed by atoms with van der Waals surface area (Å²) in [6.07, 6.45) is 23.6. The first-order chi connectivity index (χ1) is 20.1. The Kier molecular flexibility index (Phi) is 25.1. The number of esters is 2. The molecule has 0 aromatic heterocycles. The zero-order valence-electron chi connectivity index (χ0n) is 27.4. The number of carbonyl (C=O) groups excluding carboxylic acids is 3. The fourth-order valence-corrected chi connectivity index (χ4v) is 4.46. The Labute approximate surface area is 256 Å². The Morgan fingerprint density at radius 2 is 1.26 bits per heavy atom. The summed E-state index contributed by atoms with van der Waals surface area (Å²) >= 11 is 0. The number of quaternary nitrogens is 1. The Morgan fingerprint density at radius 3 is 1.86 bits per heavy atom. The molecule has 0 aromatic rings. The van der Waals surface area contributed by atoms with Crippen LogP contribution in [0.15, 0.2) is 24.3 Å². The molecule has 2 unspecified atom stereocenters. The molecule has 244 valence electrons. The van der Waals surface area contributed by atoms with E-state index in [0.717, 1.165) is 51.4 Å². The molecule has 8 heteroatoms. The van der Waals surface area contributed by atoms with Gasteiger partial charge in [0.1, 0.15) is 12.6 Å². The number of allylic oxidation sites excluding steroid dienone is 4. The van der Waals surface area contributed by atoms with Gasteiger partial charge in [0.2, 0.25) is 0 Å². The normalized spacial score (nSPS) is 13.5. The minimum atomic E-state index is -1.13. The molecule has 0 aliphatic carbocycles. The van der Waals surface area contributed by atoms with Crippen LogP contribution in [-0.2, 0) is 28.6 Å². The van der Waals surface area contributed by atoms with Crippen molar-refractivity contribution in [2.24, 2.45) is 0 Å². The summed E-state index contributed by atoms with van der Waals surface area (Å²) in [5.74, 6) is -1.78. The first-order valence-corrected chi connectivity index (χ1v) is 16.4. The monoisotopic (exact) mass is 595 g/mol. The van der Waals surface area contributed by atoms with Gasteiger partial charge in [0, 0.05) is 19.3 Å². The third-order valence-electron chi connectivity index (χ3n) is 7.12. The standard InChI is InChI=1S/C34H61NO7/c1-6-8-10-12-14-15-16-17-19-21-23-25-33(37)42-30(28-40-27-26-31(34(38)39)35(3,4)5)29-41-32(36)24-22-20-18-13-11-9-7-2/h12,14-16,30-31H,6-11,13,17-29H2,1-5H3/b14-12+,16-15+. The van der Waals surface area contributed by atoms with E-state index in [1.165, 1.54) is 38.5 Å². The summed E-state index contributed by atoms with van der Waals surface area (Å²) in [7, 11) is 5.37. The highest BCUT2D eigenvalue weighted by atomic mass is 16.6. The van der Waals surface area contributed by atoms with Gasteiger partial charge in [-0.3, -0.25) is 9.59 Å². The molecular weight excluding hydrogens is 534 g/mol. The van der Waals surface area contributed by atoms with Crippen molar-refractivity contribution in [3.8, 4) is 0 Å². The van der Waals surface area contributed by atoms with Gasteiger partial charge in [0.25, 0.3) is 0 Å².